The molecule has 0 spiro atoms. The molecule has 2 saturated carbocycles. The van der Waals surface area contributed by atoms with E-state index in [2.05, 4.69) is 6.58 Å². The number of ether oxygens (including phenoxy) is 8. The first-order valence-electron chi connectivity index (χ1n) is 27.5. The van der Waals surface area contributed by atoms with E-state index in [0.717, 1.165) is 28.4 Å². The van der Waals surface area contributed by atoms with Crippen molar-refractivity contribution in [2.24, 2.45) is 16.7 Å². The molecule has 1 heterocycles. The Labute approximate surface area is 498 Å². The summed E-state index contributed by atoms with van der Waals surface area (Å²) >= 11 is 0. The summed E-state index contributed by atoms with van der Waals surface area (Å²) in [5, 5.41) is 26.2. The second kappa shape index (κ2) is 25.8. The van der Waals surface area contributed by atoms with Gasteiger partial charge in [0.25, 0.3) is 6.47 Å². The number of aliphatic hydroxyl groups is 2. The lowest BCUT2D eigenvalue weighted by atomic mass is 9.44. The Morgan fingerprint density at radius 3 is 1.87 bits per heavy atom. The van der Waals surface area contributed by atoms with Crippen LogP contribution in [0.25, 0.3) is 0 Å². The van der Waals surface area contributed by atoms with E-state index in [1.807, 2.05) is 36.4 Å². The van der Waals surface area contributed by atoms with Gasteiger partial charge in [-0.15, -0.1) is 0 Å². The van der Waals surface area contributed by atoms with Gasteiger partial charge in [0.05, 0.1) is 23.5 Å². The van der Waals surface area contributed by atoms with Crippen molar-refractivity contribution in [2.45, 2.75) is 131 Å². The van der Waals surface area contributed by atoms with Gasteiger partial charge >= 0.3 is 30.0 Å². The number of rotatable bonds is 21. The third-order valence-corrected chi connectivity index (χ3v) is 19.3. The second-order valence-electron chi connectivity index (χ2n) is 22.2. The molecule has 2 N–H and O–H groups in total. The Balaban J connectivity index is 1.05. The lowest BCUT2D eigenvalue weighted by Gasteiger charge is -2.67. The topological polar surface area (TPSA) is 251 Å². The third kappa shape index (κ3) is 12.5. The quantitative estimate of drug-likeness (QED) is 0.0132. The summed E-state index contributed by atoms with van der Waals surface area (Å²) in [6, 6.07) is 39.2. The summed E-state index contributed by atoms with van der Waals surface area (Å²) in [6.45, 7) is 9.98. The zero-order valence-corrected chi connectivity index (χ0v) is 48.9. The molecule has 20 heteroatoms. The molecule has 18 nitrogen and oxygen atoms in total. The predicted molar refractivity (Wildman–Crippen MR) is 308 cm³/mol. The molecule has 444 valence electrons. The van der Waals surface area contributed by atoms with Crippen molar-refractivity contribution in [1.82, 2.24) is 0 Å². The number of Topliss-reactive ketones (excluding diaryl/α,β-unsaturated/α-hetero) is 2. The predicted octanol–water partition coefficient (Wildman–Crippen LogP) is 9.62. The number of hydrogen-bond donors (Lipinski definition) is 2. The van der Waals surface area contributed by atoms with Gasteiger partial charge in [0.15, 0.2) is 29.4 Å². The molecule has 9 rings (SSSR count). The van der Waals surface area contributed by atoms with E-state index >= 15 is 4.79 Å². The van der Waals surface area contributed by atoms with Crippen molar-refractivity contribution in [3.63, 3.8) is 0 Å². The van der Waals surface area contributed by atoms with Crippen LogP contribution >= 0.6 is 21.6 Å². The summed E-state index contributed by atoms with van der Waals surface area (Å²) < 4.78 is 48.0. The van der Waals surface area contributed by atoms with Crippen LogP contribution in [-0.4, -0.2) is 113 Å². The van der Waals surface area contributed by atoms with E-state index in [4.69, 9.17) is 37.9 Å². The maximum absolute atomic E-state index is 16.3. The first kappa shape index (κ1) is 61.7. The zero-order chi connectivity index (χ0) is 60.8. The Bertz CT molecular complexity index is 3350. The molecular formula is C65H64O18S2. The Morgan fingerprint density at radius 1 is 0.765 bits per heavy atom. The van der Waals surface area contributed by atoms with Crippen LogP contribution < -0.4 is 0 Å². The van der Waals surface area contributed by atoms with Crippen molar-refractivity contribution >= 4 is 69.7 Å². The number of carbonyl (C=O) groups excluding carboxylic acids is 8. The molecule has 0 radical (unpaired) electrons. The van der Waals surface area contributed by atoms with Gasteiger partial charge in [0.2, 0.25) is 0 Å². The van der Waals surface area contributed by atoms with Crippen LogP contribution in [0.4, 0.5) is 4.79 Å². The summed E-state index contributed by atoms with van der Waals surface area (Å²) in [6.07, 6.45) is -11.6. The molecule has 0 aromatic heterocycles. The standard InChI is InChI=1S/C65H64O18S2/c1-7-52(69)76-34-40-23-27-45(28-24-40)84-85-46-29-25-41(26-30-46)35-77-61(74)81-50-32-51-64(36-78-51,83-39(3)67)56-58(82-59(72)44-21-15-10-16-22-44)65(75)33-49(38(2)53(62(65,4)5)55(79-37-66)57(71)63(50,56)6)80-60(73)54(70)47(42-17-11-8-12-18-42)31-48(68)43-19-13-9-14-20-43/h7-30,37,47,49-51,54-56,58,70,75H,1,31-36H2,2-6H3/t47-,49-,50-,51+,54+,55+,56?,58?,63+,64-,65+/m0/s1. The van der Waals surface area contributed by atoms with Gasteiger partial charge in [-0.25, -0.2) is 19.2 Å². The fourth-order valence-corrected chi connectivity index (χ4v) is 14.3. The highest BCUT2D eigenvalue weighted by Crippen LogP contribution is 2.65. The first-order valence-corrected chi connectivity index (χ1v) is 29.6. The molecule has 11 atom stereocenters. The fourth-order valence-electron chi connectivity index (χ4n) is 12.4. The number of hydrogen-bond acceptors (Lipinski definition) is 20. The Hall–Kier alpha value is -7.88. The molecule has 0 amide bonds. The lowest BCUT2D eigenvalue weighted by molar-refractivity contribution is -0.346. The molecule has 3 aliphatic carbocycles. The molecule has 5 aromatic carbocycles. The molecule has 1 saturated heterocycles. The average molecular weight is 1200 g/mol. The Morgan fingerprint density at radius 2 is 1.33 bits per heavy atom. The number of fused-ring (bicyclic) bond motifs is 5. The number of esters is 4. The maximum atomic E-state index is 16.3. The van der Waals surface area contributed by atoms with Crippen molar-refractivity contribution in [1.29, 1.82) is 0 Å². The second-order valence-corrected chi connectivity index (χ2v) is 24.4. The van der Waals surface area contributed by atoms with Gasteiger partial charge in [0, 0.05) is 58.9 Å². The van der Waals surface area contributed by atoms with Crippen molar-refractivity contribution in [2.75, 3.05) is 6.61 Å². The highest BCUT2D eigenvalue weighted by Gasteiger charge is 2.79. The minimum Gasteiger partial charge on any atom is -0.458 e. The Kier molecular flexibility index (Phi) is 18.7. The SMILES string of the molecule is C=CC(=O)OCc1ccc(SSc2ccc(COC(=O)O[C@H]3C[C@H]4OC[C@@]4(OC(C)=O)C4C(OC(=O)c5ccccc5)[C@]5(O)C[C@H](OC(=O)[C@H](O)[C@@H](CC(=O)c6ccccc6)c6ccccc6)C(C)=C([C@@H](OC=O)C(=O)[C@@]43C)C5(C)C)cc2)cc1. The van der Waals surface area contributed by atoms with E-state index in [0.29, 0.717) is 16.7 Å². The minimum absolute atomic E-state index is 0.0178. The number of ketones is 2. The first-order chi connectivity index (χ1) is 40.6. The van der Waals surface area contributed by atoms with E-state index < -0.39 is 119 Å². The van der Waals surface area contributed by atoms with Crippen molar-refractivity contribution in [3.05, 3.63) is 191 Å². The van der Waals surface area contributed by atoms with Gasteiger partial charge in [0.1, 0.15) is 43.2 Å². The molecule has 1 aliphatic heterocycles. The summed E-state index contributed by atoms with van der Waals surface area (Å²) in [7, 11) is 2.98. The van der Waals surface area contributed by atoms with Crippen LogP contribution in [0.3, 0.4) is 0 Å². The van der Waals surface area contributed by atoms with Crippen LogP contribution in [0, 0.1) is 16.7 Å². The van der Waals surface area contributed by atoms with Crippen molar-refractivity contribution < 1.29 is 86.5 Å². The number of benzene rings is 5. The van der Waals surface area contributed by atoms with Crippen LogP contribution in [0.1, 0.15) is 97.2 Å². The van der Waals surface area contributed by atoms with Gasteiger partial charge in [-0.2, -0.15) is 0 Å². The van der Waals surface area contributed by atoms with Crippen LogP contribution in [0.2, 0.25) is 0 Å². The molecule has 4 aliphatic rings. The highest BCUT2D eigenvalue weighted by atomic mass is 33.1. The maximum Gasteiger partial charge on any atom is 0.508 e. The zero-order valence-electron chi connectivity index (χ0n) is 47.2. The van der Waals surface area contributed by atoms with E-state index in [1.165, 1.54) is 47.6 Å². The molecule has 2 bridgehead atoms. The monoisotopic (exact) mass is 1200 g/mol. The van der Waals surface area contributed by atoms with Gasteiger partial charge in [-0.3, -0.25) is 19.2 Å². The normalized spacial score (nSPS) is 26.1. The number of carbonyl (C=O) groups is 8. The van der Waals surface area contributed by atoms with E-state index in [-0.39, 0.29) is 55.0 Å². The molecule has 5 aromatic rings. The third-order valence-electron chi connectivity index (χ3n) is 16.9. The molecule has 85 heavy (non-hydrogen) atoms. The van der Waals surface area contributed by atoms with Gasteiger partial charge in [-0.05, 0) is 78.1 Å². The summed E-state index contributed by atoms with van der Waals surface area (Å²) in [4.78, 5) is 113. The van der Waals surface area contributed by atoms with Gasteiger partial charge < -0.3 is 48.1 Å². The van der Waals surface area contributed by atoms with Gasteiger partial charge in [-0.1, -0.05) is 145 Å². The molecular weight excluding hydrogens is 1130 g/mol. The minimum atomic E-state index is -2.51. The van der Waals surface area contributed by atoms with Crippen molar-refractivity contribution in [3.8, 4) is 0 Å². The fraction of sp³-hybridized carbons (Fsp3) is 0.354. The van der Waals surface area contributed by atoms with Crippen LogP contribution in [-0.2, 0) is 75.1 Å². The smallest absolute Gasteiger partial charge is 0.458 e. The highest BCUT2D eigenvalue weighted by molar-refractivity contribution is 8.76. The van der Waals surface area contributed by atoms with Crippen LogP contribution in [0.5, 0.6) is 0 Å². The summed E-state index contributed by atoms with van der Waals surface area (Å²) in [5.74, 6) is -7.71. The molecule has 3 fully saturated rings. The average Bonchev–Trinajstić information content (AvgIpc) is 1.16. The molecule has 2 unspecified atom stereocenters. The van der Waals surface area contributed by atoms with Crippen LogP contribution in [0.15, 0.2) is 173 Å². The summed E-state index contributed by atoms with van der Waals surface area (Å²) in [5.41, 5.74) is -6.17. The number of aliphatic hydroxyl groups excluding tert-OH is 1. The van der Waals surface area contributed by atoms with E-state index in [1.54, 1.807) is 105 Å². The lowest BCUT2D eigenvalue weighted by Crippen LogP contribution is -2.82. The van der Waals surface area contributed by atoms with E-state index in [9.17, 15) is 43.8 Å². The largest absolute Gasteiger partial charge is 0.508 e.